The number of amides is 2. The first kappa shape index (κ1) is 41.6. The fourth-order valence-corrected chi connectivity index (χ4v) is 10.1. The zero-order valence-corrected chi connectivity index (χ0v) is 35.0. The molecule has 2 amide bonds. The van der Waals surface area contributed by atoms with Crippen molar-refractivity contribution < 1.29 is 27.9 Å². The van der Waals surface area contributed by atoms with Crippen LogP contribution >= 0.6 is 11.6 Å². The molecular weight excluding hydrogens is 774 g/mol. The van der Waals surface area contributed by atoms with E-state index >= 15 is 0 Å². The average Bonchev–Trinajstić information content (AvgIpc) is 4.04. The molecule has 3 fully saturated rings. The highest BCUT2D eigenvalue weighted by atomic mass is 35.5. The second kappa shape index (κ2) is 17.0. The van der Waals surface area contributed by atoms with E-state index in [0.29, 0.717) is 37.0 Å². The van der Waals surface area contributed by atoms with Crippen molar-refractivity contribution in [2.75, 3.05) is 11.9 Å². The molecule has 8 rings (SSSR count). The van der Waals surface area contributed by atoms with Crippen molar-refractivity contribution in [3.63, 3.8) is 0 Å². The van der Waals surface area contributed by atoms with Crippen molar-refractivity contribution in [3.8, 4) is 11.1 Å². The number of fused-ring (bicyclic) bond motifs is 3. The summed E-state index contributed by atoms with van der Waals surface area (Å²) in [6.45, 7) is 5.90. The fourth-order valence-electron chi connectivity index (χ4n) is 8.38. The number of para-hydroxylation sites is 2. The Kier molecular flexibility index (Phi) is 12.2. The van der Waals surface area contributed by atoms with Gasteiger partial charge in [-0.1, -0.05) is 85.7 Å². The minimum Gasteiger partial charge on any atom is -0.391 e. The van der Waals surface area contributed by atoms with E-state index in [-0.39, 0.29) is 37.0 Å². The van der Waals surface area contributed by atoms with E-state index in [1.807, 2.05) is 60.7 Å². The topological polar surface area (TPSA) is 151 Å². The largest absolute Gasteiger partial charge is 0.391 e. The maximum absolute atomic E-state index is 13.8. The maximum atomic E-state index is 13.8. The number of aromatic nitrogens is 2. The number of nitrogens with zero attached hydrogens (tertiary/aromatic N) is 3. The first-order chi connectivity index (χ1) is 27.7. The number of nitrogens with one attached hydrogen (secondary N) is 2. The van der Waals surface area contributed by atoms with Crippen molar-refractivity contribution in [2.24, 2.45) is 11.3 Å². The lowest BCUT2D eigenvalue weighted by molar-refractivity contribution is -0.139. The van der Waals surface area contributed by atoms with Crippen LogP contribution in [0.3, 0.4) is 0 Å². The number of sulfonamides is 1. The van der Waals surface area contributed by atoms with Gasteiger partial charge in [-0.25, -0.2) is 13.4 Å². The van der Waals surface area contributed by atoms with E-state index in [2.05, 4.69) is 63.8 Å². The molecule has 4 aliphatic rings. The number of ketones is 1. The summed E-state index contributed by atoms with van der Waals surface area (Å²) in [5.74, 6) is -1.43. The fraction of sp³-hybridized carbons (Fsp3) is 0.467. The summed E-state index contributed by atoms with van der Waals surface area (Å²) >= 11 is 6.27. The Morgan fingerprint density at radius 3 is 2.36 bits per heavy atom. The minimum atomic E-state index is -3.85. The highest BCUT2D eigenvalue weighted by molar-refractivity contribution is 7.91. The highest BCUT2D eigenvalue weighted by Gasteiger charge is 2.62. The Morgan fingerprint density at radius 1 is 0.966 bits per heavy atom. The highest BCUT2D eigenvalue weighted by Crippen LogP contribution is 2.57. The Hall–Kier alpha value is -4.52. The third-order valence-corrected chi connectivity index (χ3v) is 14.7. The van der Waals surface area contributed by atoms with Crippen LogP contribution in [0.1, 0.15) is 91.0 Å². The van der Waals surface area contributed by atoms with Gasteiger partial charge in [-0.15, -0.1) is 0 Å². The SMILES string of the molecule is CC(C)n1c(Cl)nc2c(-c3ccccc3)cccc21.CC1(S(=O)(=O)NC(=O)[C@]23CC(=O)[C@@H]4C[C@@H](O)CN4C(=O)[C@@H](Nc4ccccc4)CCCCC/C=C\[C@@H]2C3)CC1. The zero-order valence-electron chi connectivity index (χ0n) is 33.4. The molecule has 0 unspecified atom stereocenters. The van der Waals surface area contributed by atoms with E-state index in [0.717, 1.165) is 53.5 Å². The number of benzene rings is 3. The van der Waals surface area contributed by atoms with Gasteiger partial charge in [0.1, 0.15) is 6.04 Å². The van der Waals surface area contributed by atoms with Gasteiger partial charge >= 0.3 is 0 Å². The summed E-state index contributed by atoms with van der Waals surface area (Å²) < 4.78 is 29.1. The Labute approximate surface area is 346 Å². The van der Waals surface area contributed by atoms with Crippen LogP contribution in [0.2, 0.25) is 5.28 Å². The summed E-state index contributed by atoms with van der Waals surface area (Å²) in [5.41, 5.74) is 3.99. The molecular formula is C45H54ClN5O6S. The number of rotatable bonds is 7. The second-order valence-corrected chi connectivity index (χ2v) is 19.4. The smallest absolute Gasteiger partial charge is 0.245 e. The summed E-state index contributed by atoms with van der Waals surface area (Å²) in [5, 5.41) is 14.4. The third kappa shape index (κ3) is 8.74. The number of carbonyl (C=O) groups is 3. The molecule has 2 aliphatic heterocycles. The van der Waals surface area contributed by atoms with Crippen LogP contribution in [0, 0.1) is 11.3 Å². The number of aliphatic hydroxyl groups excluding tert-OH is 1. The molecule has 1 aromatic heterocycles. The third-order valence-electron chi connectivity index (χ3n) is 12.3. The van der Waals surface area contributed by atoms with Crippen LogP contribution in [0.25, 0.3) is 22.2 Å². The molecule has 13 heteroatoms. The molecule has 0 spiro atoms. The molecule has 3 aromatic carbocycles. The Balaban J connectivity index is 0.000000224. The number of imidazole rings is 1. The number of hydrogen-bond donors (Lipinski definition) is 3. The molecule has 1 saturated heterocycles. The normalized spacial score (nSPS) is 26.3. The monoisotopic (exact) mass is 827 g/mol. The molecule has 3 N–H and O–H groups in total. The molecule has 308 valence electrons. The van der Waals surface area contributed by atoms with Gasteiger partial charge in [0, 0.05) is 36.7 Å². The van der Waals surface area contributed by atoms with Crippen LogP contribution in [0.4, 0.5) is 5.69 Å². The number of aliphatic hydroxyl groups is 1. The number of Topliss-reactive ketones (excluding diaryl/α,β-unsaturated/α-hetero) is 1. The number of hydrogen-bond acceptors (Lipinski definition) is 8. The van der Waals surface area contributed by atoms with Crippen LogP contribution in [0.5, 0.6) is 0 Å². The lowest BCUT2D eigenvalue weighted by atomic mass is 9.91. The second-order valence-electron chi connectivity index (χ2n) is 16.9. The first-order valence-electron chi connectivity index (χ1n) is 20.5. The molecule has 0 radical (unpaired) electrons. The summed E-state index contributed by atoms with van der Waals surface area (Å²) in [6, 6.07) is 24.8. The molecule has 3 heterocycles. The molecule has 2 aliphatic carbocycles. The van der Waals surface area contributed by atoms with Gasteiger partial charge in [-0.3, -0.25) is 19.1 Å². The predicted molar refractivity (Wildman–Crippen MR) is 228 cm³/mol. The molecule has 2 saturated carbocycles. The average molecular weight is 828 g/mol. The van der Waals surface area contributed by atoms with E-state index in [1.54, 1.807) is 6.92 Å². The first-order valence-corrected chi connectivity index (χ1v) is 22.4. The van der Waals surface area contributed by atoms with Gasteiger partial charge in [-0.2, -0.15) is 0 Å². The lowest BCUT2D eigenvalue weighted by Gasteiger charge is -2.30. The Bertz CT molecular complexity index is 2280. The van der Waals surface area contributed by atoms with Gasteiger partial charge in [0.25, 0.3) is 0 Å². The van der Waals surface area contributed by atoms with E-state index in [4.69, 9.17) is 11.6 Å². The summed E-state index contributed by atoms with van der Waals surface area (Å²) in [7, 11) is -3.85. The molecule has 58 heavy (non-hydrogen) atoms. The Morgan fingerprint density at radius 2 is 1.67 bits per heavy atom. The number of carbonyl (C=O) groups excluding carboxylic acids is 3. The molecule has 4 aromatic rings. The van der Waals surface area contributed by atoms with Crippen molar-refractivity contribution in [3.05, 3.63) is 96.3 Å². The van der Waals surface area contributed by atoms with E-state index < -0.39 is 44.3 Å². The van der Waals surface area contributed by atoms with Crippen LogP contribution < -0.4 is 10.0 Å². The zero-order chi connectivity index (χ0) is 41.2. The van der Waals surface area contributed by atoms with Gasteiger partial charge in [0.05, 0.1) is 33.3 Å². The standard InChI is InChI=1S/C29H39N3O6S.C16H15ClN2/c1-28(14-15-28)39(37,38)31-27(36)29-17-20(29)10-6-3-2-4-9-13-23(30-21-11-7-5-8-12-21)26(35)32-19-22(33)16-24(32)25(34)18-29;1-11(2)19-14-10-6-9-13(15(14)18-16(19)17)12-7-4-3-5-8-12/h5-8,10-12,20,22-24,30,33H,2-4,9,13-19H2,1H3,(H,31,36);3-11H,1-2H3/b10-6-;/t20-,22-,23+,24+,29-;/m1./s1. The maximum Gasteiger partial charge on any atom is 0.245 e. The van der Waals surface area contributed by atoms with E-state index in [9.17, 15) is 27.9 Å². The molecule has 0 bridgehead atoms. The molecule has 5 atom stereocenters. The van der Waals surface area contributed by atoms with Crippen LogP contribution in [0.15, 0.2) is 91.0 Å². The molecule has 11 nitrogen and oxygen atoms in total. The van der Waals surface area contributed by atoms with Gasteiger partial charge in [-0.05, 0) is 101 Å². The van der Waals surface area contributed by atoms with Crippen molar-refractivity contribution >= 4 is 55.9 Å². The van der Waals surface area contributed by atoms with Gasteiger partial charge in [0.15, 0.2) is 5.78 Å². The summed E-state index contributed by atoms with van der Waals surface area (Å²) in [4.78, 5) is 47.0. The summed E-state index contributed by atoms with van der Waals surface area (Å²) in [6.07, 6.45) is 8.53. The van der Waals surface area contributed by atoms with E-state index in [1.165, 1.54) is 4.90 Å². The van der Waals surface area contributed by atoms with Crippen molar-refractivity contribution in [1.29, 1.82) is 0 Å². The quantitative estimate of drug-likeness (QED) is 0.160. The van der Waals surface area contributed by atoms with Crippen LogP contribution in [-0.4, -0.2) is 75.1 Å². The minimum absolute atomic E-state index is 0.0530. The van der Waals surface area contributed by atoms with Crippen molar-refractivity contribution in [2.45, 2.75) is 114 Å². The van der Waals surface area contributed by atoms with Crippen molar-refractivity contribution in [1.82, 2.24) is 19.2 Å². The van der Waals surface area contributed by atoms with Crippen LogP contribution in [-0.2, 0) is 24.4 Å². The van der Waals surface area contributed by atoms with Gasteiger partial charge < -0.3 is 19.9 Å². The number of halogens is 1. The predicted octanol–water partition coefficient (Wildman–Crippen LogP) is 7.85. The number of anilines is 1. The number of allylic oxidation sites excluding steroid dienone is 2. The lowest BCUT2D eigenvalue weighted by Crippen LogP contribution is -2.49. The van der Waals surface area contributed by atoms with Gasteiger partial charge in [0.2, 0.25) is 27.1 Å².